The van der Waals surface area contributed by atoms with E-state index >= 15 is 0 Å². The van der Waals surface area contributed by atoms with Gasteiger partial charge >= 0.3 is 0 Å². The predicted molar refractivity (Wildman–Crippen MR) is 111 cm³/mol. The fourth-order valence-electron chi connectivity index (χ4n) is 4.33. The van der Waals surface area contributed by atoms with Crippen molar-refractivity contribution in [3.05, 3.63) is 65.0 Å². The van der Waals surface area contributed by atoms with Gasteiger partial charge in [0, 0.05) is 24.3 Å². The number of carbonyl (C=O) groups excluding carboxylic acids is 2. The highest BCUT2D eigenvalue weighted by atomic mass is 19.1. The van der Waals surface area contributed by atoms with Gasteiger partial charge in [-0.3, -0.25) is 9.59 Å². The van der Waals surface area contributed by atoms with Crippen molar-refractivity contribution in [1.82, 2.24) is 10.2 Å². The molecule has 2 saturated heterocycles. The highest BCUT2D eigenvalue weighted by Crippen LogP contribution is 2.28. The summed E-state index contributed by atoms with van der Waals surface area (Å²) in [6.45, 7) is 5.46. The smallest absolute Gasteiger partial charge is 0.258 e. The number of benzene rings is 2. The van der Waals surface area contributed by atoms with Crippen LogP contribution in [0, 0.1) is 24.6 Å². The molecule has 2 N–H and O–H groups in total. The Morgan fingerprint density at radius 2 is 1.76 bits per heavy atom. The number of halogens is 1. The van der Waals surface area contributed by atoms with Gasteiger partial charge < -0.3 is 15.5 Å². The first kappa shape index (κ1) is 19.6. The van der Waals surface area contributed by atoms with E-state index in [0.717, 1.165) is 44.6 Å². The van der Waals surface area contributed by atoms with Crippen molar-refractivity contribution in [3.63, 3.8) is 0 Å². The number of fused-ring (bicyclic) bond motifs is 1. The zero-order valence-corrected chi connectivity index (χ0v) is 16.6. The van der Waals surface area contributed by atoms with Crippen molar-refractivity contribution in [3.8, 4) is 0 Å². The molecule has 2 atom stereocenters. The molecule has 0 aromatic heterocycles. The number of rotatable bonds is 3. The lowest BCUT2D eigenvalue weighted by atomic mass is 9.92. The van der Waals surface area contributed by atoms with Gasteiger partial charge in [0.25, 0.3) is 11.8 Å². The Bertz CT molecular complexity index is 916. The Labute approximate surface area is 170 Å². The molecule has 4 rings (SSSR count). The minimum atomic E-state index is -0.570. The number of hydrogen-bond donors (Lipinski definition) is 2. The number of likely N-dealkylation sites (tertiary alicyclic amines) is 1. The predicted octanol–water partition coefficient (Wildman–Crippen LogP) is 3.46. The molecular formula is C23H26FN3O2. The Morgan fingerprint density at radius 1 is 1.07 bits per heavy atom. The van der Waals surface area contributed by atoms with Crippen LogP contribution in [0.25, 0.3) is 0 Å². The lowest BCUT2D eigenvalue weighted by molar-refractivity contribution is 0.0758. The molecule has 5 nitrogen and oxygen atoms in total. The summed E-state index contributed by atoms with van der Waals surface area (Å²) in [4.78, 5) is 27.5. The van der Waals surface area contributed by atoms with Crippen LogP contribution < -0.4 is 10.6 Å². The number of aryl methyl sites for hydroxylation is 1. The SMILES string of the molecule is Cc1ccc(C(=O)N2CC[C@@H]3CNC[C@@H]3CC2)cc1NC(=O)c1ccccc1F. The van der Waals surface area contributed by atoms with Crippen LogP contribution in [0.2, 0.25) is 0 Å². The van der Waals surface area contributed by atoms with E-state index in [-0.39, 0.29) is 11.5 Å². The second-order valence-corrected chi connectivity index (χ2v) is 8.01. The normalized spacial score (nSPS) is 21.4. The maximum atomic E-state index is 13.9. The van der Waals surface area contributed by atoms with Crippen LogP contribution in [-0.2, 0) is 0 Å². The lowest BCUT2D eigenvalue weighted by Crippen LogP contribution is -2.32. The number of nitrogens with zero attached hydrogens (tertiary/aromatic N) is 1. The molecule has 2 heterocycles. The van der Waals surface area contributed by atoms with Crippen LogP contribution in [0.4, 0.5) is 10.1 Å². The standard InChI is InChI=1S/C23H26FN3O2/c1-15-6-7-16(12-21(15)26-22(28)19-4-2-3-5-20(19)24)23(29)27-10-8-17-13-25-14-18(17)9-11-27/h2-7,12,17-18,25H,8-11,13-14H2,1H3,(H,26,28)/t17-,18+. The van der Waals surface area contributed by atoms with Gasteiger partial charge in [-0.05, 0) is 74.5 Å². The van der Waals surface area contributed by atoms with Crippen LogP contribution in [0.3, 0.4) is 0 Å². The van der Waals surface area contributed by atoms with E-state index in [2.05, 4.69) is 10.6 Å². The van der Waals surface area contributed by atoms with Gasteiger partial charge in [0.1, 0.15) is 5.82 Å². The Morgan fingerprint density at radius 3 is 2.45 bits per heavy atom. The zero-order valence-electron chi connectivity index (χ0n) is 16.6. The number of nitrogens with one attached hydrogen (secondary N) is 2. The molecule has 0 saturated carbocycles. The highest BCUT2D eigenvalue weighted by Gasteiger charge is 2.31. The Balaban J connectivity index is 1.49. The Hall–Kier alpha value is -2.73. The molecule has 0 bridgehead atoms. The molecule has 0 spiro atoms. The second kappa shape index (κ2) is 8.33. The number of carbonyl (C=O) groups is 2. The largest absolute Gasteiger partial charge is 0.339 e. The quantitative estimate of drug-likeness (QED) is 0.837. The van der Waals surface area contributed by atoms with E-state index in [4.69, 9.17) is 0 Å². The Kier molecular flexibility index (Phi) is 5.62. The van der Waals surface area contributed by atoms with E-state index in [1.165, 1.54) is 12.1 Å². The van der Waals surface area contributed by atoms with Crippen molar-refractivity contribution in [2.24, 2.45) is 11.8 Å². The van der Waals surface area contributed by atoms with Gasteiger partial charge in [-0.2, -0.15) is 0 Å². The summed E-state index contributed by atoms with van der Waals surface area (Å²) >= 11 is 0. The third-order valence-corrected chi connectivity index (χ3v) is 6.16. The maximum absolute atomic E-state index is 13.9. The molecule has 0 aliphatic carbocycles. The summed E-state index contributed by atoms with van der Waals surface area (Å²) in [6, 6.07) is 11.2. The van der Waals surface area contributed by atoms with Gasteiger partial charge in [-0.15, -0.1) is 0 Å². The van der Waals surface area contributed by atoms with E-state index in [0.29, 0.717) is 23.1 Å². The van der Waals surface area contributed by atoms with Crippen LogP contribution in [0.5, 0.6) is 0 Å². The molecule has 2 aliphatic rings. The highest BCUT2D eigenvalue weighted by molar-refractivity contribution is 6.05. The summed E-state index contributed by atoms with van der Waals surface area (Å²) in [5.41, 5.74) is 1.88. The lowest BCUT2D eigenvalue weighted by Gasteiger charge is -2.21. The van der Waals surface area contributed by atoms with Crippen LogP contribution in [0.1, 0.15) is 39.1 Å². The molecule has 6 heteroatoms. The molecule has 152 valence electrons. The first-order valence-electron chi connectivity index (χ1n) is 10.2. The molecule has 0 unspecified atom stereocenters. The second-order valence-electron chi connectivity index (χ2n) is 8.01. The van der Waals surface area contributed by atoms with Crippen LogP contribution in [0.15, 0.2) is 42.5 Å². The van der Waals surface area contributed by atoms with Gasteiger partial charge in [0.15, 0.2) is 0 Å². The average molecular weight is 395 g/mol. The van der Waals surface area contributed by atoms with Gasteiger partial charge in [-0.25, -0.2) is 4.39 Å². The third-order valence-electron chi connectivity index (χ3n) is 6.16. The summed E-state index contributed by atoms with van der Waals surface area (Å²) in [7, 11) is 0. The van der Waals surface area contributed by atoms with Crippen LogP contribution >= 0.6 is 0 Å². The molecule has 2 amide bonds. The number of anilines is 1. The number of hydrogen-bond acceptors (Lipinski definition) is 3. The van der Waals surface area contributed by atoms with E-state index < -0.39 is 11.7 Å². The zero-order chi connectivity index (χ0) is 20.4. The van der Waals surface area contributed by atoms with Gasteiger partial charge in [-0.1, -0.05) is 18.2 Å². The number of amides is 2. The first-order chi connectivity index (χ1) is 14.0. The van der Waals surface area contributed by atoms with Crippen molar-refractivity contribution in [1.29, 1.82) is 0 Å². The molecule has 29 heavy (non-hydrogen) atoms. The maximum Gasteiger partial charge on any atom is 0.258 e. The molecule has 2 fully saturated rings. The van der Waals surface area contributed by atoms with Crippen molar-refractivity contribution < 1.29 is 14.0 Å². The summed E-state index contributed by atoms with van der Waals surface area (Å²) in [6.07, 6.45) is 2.04. The van der Waals surface area contributed by atoms with Gasteiger partial charge in [0.2, 0.25) is 0 Å². The fourth-order valence-corrected chi connectivity index (χ4v) is 4.33. The minimum absolute atomic E-state index is 0.0145. The fraction of sp³-hybridized carbons (Fsp3) is 0.391. The molecule has 2 aromatic carbocycles. The summed E-state index contributed by atoms with van der Waals surface area (Å²) in [5, 5.41) is 6.20. The van der Waals surface area contributed by atoms with E-state index in [1.54, 1.807) is 24.3 Å². The molecular weight excluding hydrogens is 369 g/mol. The monoisotopic (exact) mass is 395 g/mol. The molecule has 2 aromatic rings. The topological polar surface area (TPSA) is 61.4 Å². The van der Waals surface area contributed by atoms with E-state index in [1.807, 2.05) is 17.9 Å². The molecule has 0 radical (unpaired) electrons. The van der Waals surface area contributed by atoms with Crippen molar-refractivity contribution in [2.75, 3.05) is 31.5 Å². The summed E-state index contributed by atoms with van der Waals surface area (Å²) < 4.78 is 13.9. The molecule has 2 aliphatic heterocycles. The third kappa shape index (κ3) is 4.17. The first-order valence-corrected chi connectivity index (χ1v) is 10.2. The van der Waals surface area contributed by atoms with E-state index in [9.17, 15) is 14.0 Å². The summed E-state index contributed by atoms with van der Waals surface area (Å²) in [5.74, 6) is 0.201. The van der Waals surface area contributed by atoms with Crippen LogP contribution in [-0.4, -0.2) is 42.9 Å². The average Bonchev–Trinajstić information content (AvgIpc) is 3.07. The minimum Gasteiger partial charge on any atom is -0.339 e. The van der Waals surface area contributed by atoms with Crippen molar-refractivity contribution in [2.45, 2.75) is 19.8 Å². The van der Waals surface area contributed by atoms with Gasteiger partial charge in [0.05, 0.1) is 5.56 Å². The van der Waals surface area contributed by atoms with Crippen molar-refractivity contribution >= 4 is 17.5 Å².